The summed E-state index contributed by atoms with van der Waals surface area (Å²) in [4.78, 5) is 6.67. The van der Waals surface area contributed by atoms with Gasteiger partial charge in [-0.25, -0.2) is 4.99 Å². The first-order valence-electron chi connectivity index (χ1n) is 7.76. The van der Waals surface area contributed by atoms with Crippen LogP contribution in [0.4, 0.5) is 0 Å². The minimum absolute atomic E-state index is 0.493. The van der Waals surface area contributed by atoms with E-state index in [4.69, 9.17) is 26.8 Å². The van der Waals surface area contributed by atoms with Crippen LogP contribution in [-0.4, -0.2) is 37.2 Å². The Morgan fingerprint density at radius 2 is 2.23 bits per heavy atom. The fourth-order valence-electron chi connectivity index (χ4n) is 2.93. The first-order valence-corrected chi connectivity index (χ1v) is 8.14. The highest BCUT2D eigenvalue weighted by Crippen LogP contribution is 2.38. The summed E-state index contributed by atoms with van der Waals surface area (Å²) in [5.74, 6) is 2.59. The van der Waals surface area contributed by atoms with Gasteiger partial charge < -0.3 is 20.1 Å². The molecule has 0 saturated carbocycles. The number of rotatable bonds is 2. The molecule has 0 bridgehead atoms. The predicted molar refractivity (Wildman–Crippen MR) is 87.7 cm³/mol. The Labute approximate surface area is 136 Å². The Morgan fingerprint density at radius 1 is 1.41 bits per heavy atom. The largest absolute Gasteiger partial charge is 0.486 e. The van der Waals surface area contributed by atoms with Gasteiger partial charge in [0.1, 0.15) is 13.2 Å². The lowest BCUT2D eigenvalue weighted by molar-refractivity contribution is 0.171. The molecule has 1 aromatic carbocycles. The molecule has 0 radical (unpaired) electrons. The van der Waals surface area contributed by atoms with Crippen LogP contribution in [0.5, 0.6) is 11.5 Å². The molecule has 0 amide bonds. The topological polar surface area (TPSA) is 60.1 Å². The van der Waals surface area contributed by atoms with Crippen LogP contribution in [0.3, 0.4) is 0 Å². The predicted octanol–water partition coefficient (Wildman–Crippen LogP) is 2.66. The van der Waals surface area contributed by atoms with Crippen LogP contribution >= 0.6 is 11.6 Å². The third-order valence-electron chi connectivity index (χ3n) is 4.06. The molecule has 6 heteroatoms. The molecule has 1 fully saturated rings. The van der Waals surface area contributed by atoms with E-state index in [0.717, 1.165) is 18.7 Å². The van der Waals surface area contributed by atoms with Crippen molar-refractivity contribution in [3.8, 4) is 11.5 Å². The van der Waals surface area contributed by atoms with Gasteiger partial charge in [0.2, 0.25) is 0 Å². The smallest absolute Gasteiger partial charge is 0.191 e. The highest BCUT2D eigenvalue weighted by Gasteiger charge is 2.19. The summed E-state index contributed by atoms with van der Waals surface area (Å²) in [6.45, 7) is 5.79. The minimum atomic E-state index is 0.493. The lowest BCUT2D eigenvalue weighted by Crippen LogP contribution is -2.43. The quantitative estimate of drug-likeness (QED) is 0.671. The molecular weight excluding hydrogens is 302 g/mol. The molecule has 0 aromatic heterocycles. The highest BCUT2D eigenvalue weighted by atomic mass is 35.5. The van der Waals surface area contributed by atoms with E-state index in [2.05, 4.69) is 16.8 Å². The Morgan fingerprint density at radius 3 is 3.05 bits per heavy atom. The monoisotopic (exact) mass is 323 g/mol. The number of halogens is 1. The van der Waals surface area contributed by atoms with Crippen molar-refractivity contribution in [3.05, 3.63) is 22.7 Å². The number of nitrogens with zero attached hydrogens (tertiary/aromatic N) is 2. The SMILES string of the molecule is CC1CCCN(C(N)=NCc2cc(Cl)c3c(c2)OCCO3)C1. The fraction of sp³-hybridized carbons (Fsp3) is 0.562. The first-order chi connectivity index (χ1) is 10.6. The van der Waals surface area contributed by atoms with Gasteiger partial charge in [0.15, 0.2) is 17.5 Å². The number of hydrogen-bond acceptors (Lipinski definition) is 3. The summed E-state index contributed by atoms with van der Waals surface area (Å²) >= 11 is 6.24. The molecule has 5 nitrogen and oxygen atoms in total. The number of ether oxygens (including phenoxy) is 2. The molecule has 1 saturated heterocycles. The molecular formula is C16H22ClN3O2. The third kappa shape index (κ3) is 3.40. The molecule has 2 aliphatic rings. The van der Waals surface area contributed by atoms with Crippen LogP contribution in [0.25, 0.3) is 0 Å². The van der Waals surface area contributed by atoms with Gasteiger partial charge in [-0.05, 0) is 36.5 Å². The van der Waals surface area contributed by atoms with E-state index in [1.807, 2.05) is 12.1 Å². The van der Waals surface area contributed by atoms with Crippen LogP contribution in [-0.2, 0) is 6.54 Å². The van der Waals surface area contributed by atoms with Crippen molar-refractivity contribution in [3.63, 3.8) is 0 Å². The average Bonchev–Trinajstić information content (AvgIpc) is 2.53. The molecule has 1 aromatic rings. The second-order valence-electron chi connectivity index (χ2n) is 5.97. The van der Waals surface area contributed by atoms with Gasteiger partial charge in [-0.1, -0.05) is 18.5 Å². The van der Waals surface area contributed by atoms with E-state index in [1.165, 1.54) is 12.8 Å². The summed E-state index contributed by atoms with van der Waals surface area (Å²) in [5, 5.41) is 0.563. The maximum atomic E-state index is 6.24. The number of hydrogen-bond donors (Lipinski definition) is 1. The zero-order valence-corrected chi connectivity index (χ0v) is 13.6. The van der Waals surface area contributed by atoms with Crippen LogP contribution in [0.15, 0.2) is 17.1 Å². The second kappa shape index (κ2) is 6.65. The van der Waals surface area contributed by atoms with E-state index in [-0.39, 0.29) is 0 Å². The van der Waals surface area contributed by atoms with Crippen molar-refractivity contribution >= 4 is 17.6 Å². The minimum Gasteiger partial charge on any atom is -0.486 e. The number of benzene rings is 1. The Hall–Kier alpha value is -1.62. The van der Waals surface area contributed by atoms with Crippen molar-refractivity contribution in [1.82, 2.24) is 4.90 Å². The van der Waals surface area contributed by atoms with E-state index in [1.54, 1.807) is 0 Å². The van der Waals surface area contributed by atoms with Gasteiger partial charge in [-0.15, -0.1) is 0 Å². The lowest BCUT2D eigenvalue weighted by atomic mass is 10.0. The zero-order valence-electron chi connectivity index (χ0n) is 12.8. The van der Waals surface area contributed by atoms with E-state index >= 15 is 0 Å². The van der Waals surface area contributed by atoms with Crippen molar-refractivity contribution in [2.24, 2.45) is 16.6 Å². The Bertz CT molecular complexity index is 577. The maximum absolute atomic E-state index is 6.24. The summed E-state index contributed by atoms with van der Waals surface area (Å²) in [7, 11) is 0. The molecule has 2 heterocycles. The molecule has 3 rings (SSSR count). The summed E-state index contributed by atoms with van der Waals surface area (Å²) in [6, 6.07) is 3.79. The van der Waals surface area contributed by atoms with Crippen molar-refractivity contribution < 1.29 is 9.47 Å². The van der Waals surface area contributed by atoms with Gasteiger partial charge in [-0.3, -0.25) is 0 Å². The van der Waals surface area contributed by atoms with E-state index in [0.29, 0.717) is 48.2 Å². The normalized spacial score (nSPS) is 21.8. The van der Waals surface area contributed by atoms with Gasteiger partial charge in [0.05, 0.1) is 11.6 Å². The molecule has 22 heavy (non-hydrogen) atoms. The third-order valence-corrected chi connectivity index (χ3v) is 4.34. The molecule has 1 unspecified atom stereocenters. The van der Waals surface area contributed by atoms with Crippen LogP contribution in [0.2, 0.25) is 5.02 Å². The molecule has 0 spiro atoms. The molecule has 120 valence electrons. The first kappa shape index (κ1) is 15.3. The van der Waals surface area contributed by atoms with E-state index < -0.39 is 0 Å². The van der Waals surface area contributed by atoms with Crippen LogP contribution in [0.1, 0.15) is 25.3 Å². The number of nitrogens with two attached hydrogens (primary N) is 1. The van der Waals surface area contributed by atoms with Crippen molar-refractivity contribution in [1.29, 1.82) is 0 Å². The second-order valence-corrected chi connectivity index (χ2v) is 6.38. The maximum Gasteiger partial charge on any atom is 0.191 e. The summed E-state index contributed by atoms with van der Waals surface area (Å²) in [6.07, 6.45) is 2.44. The van der Waals surface area contributed by atoms with Crippen LogP contribution < -0.4 is 15.2 Å². The molecule has 0 aliphatic carbocycles. The molecule has 1 atom stereocenters. The van der Waals surface area contributed by atoms with Crippen molar-refractivity contribution in [2.45, 2.75) is 26.3 Å². The number of fused-ring (bicyclic) bond motifs is 1. The van der Waals surface area contributed by atoms with Gasteiger partial charge in [0.25, 0.3) is 0 Å². The summed E-state index contributed by atoms with van der Waals surface area (Å²) in [5.41, 5.74) is 7.10. The van der Waals surface area contributed by atoms with E-state index in [9.17, 15) is 0 Å². The van der Waals surface area contributed by atoms with Gasteiger partial charge in [0, 0.05) is 13.1 Å². The number of aliphatic imine (C=N–C) groups is 1. The standard InChI is InChI=1S/C16H22ClN3O2/c1-11-3-2-4-20(10-11)16(18)19-9-12-7-13(17)15-14(8-12)21-5-6-22-15/h7-8,11H,2-6,9-10H2,1H3,(H2,18,19). The van der Waals surface area contributed by atoms with Crippen LogP contribution in [0, 0.1) is 5.92 Å². The molecule has 2 N–H and O–H groups in total. The number of guanidine groups is 1. The zero-order chi connectivity index (χ0) is 15.5. The Balaban J connectivity index is 1.70. The Kier molecular flexibility index (Phi) is 4.62. The number of piperidine rings is 1. The fourth-order valence-corrected chi connectivity index (χ4v) is 3.21. The molecule has 2 aliphatic heterocycles. The lowest BCUT2D eigenvalue weighted by Gasteiger charge is -2.31. The van der Waals surface area contributed by atoms with Crippen molar-refractivity contribution in [2.75, 3.05) is 26.3 Å². The highest BCUT2D eigenvalue weighted by molar-refractivity contribution is 6.32. The van der Waals surface area contributed by atoms with Gasteiger partial charge in [-0.2, -0.15) is 0 Å². The average molecular weight is 324 g/mol. The number of likely N-dealkylation sites (tertiary alicyclic amines) is 1. The van der Waals surface area contributed by atoms with Gasteiger partial charge >= 0.3 is 0 Å². The summed E-state index contributed by atoms with van der Waals surface area (Å²) < 4.78 is 11.1.